The Bertz CT molecular complexity index is 781. The molecule has 6 heteroatoms. The van der Waals surface area contributed by atoms with E-state index in [1.807, 2.05) is 13.8 Å². The predicted molar refractivity (Wildman–Crippen MR) is 90.5 cm³/mol. The van der Waals surface area contributed by atoms with Crippen LogP contribution in [0.1, 0.15) is 34.6 Å². The van der Waals surface area contributed by atoms with Crippen LogP contribution in [0.15, 0.2) is 36.4 Å². The first kappa shape index (κ1) is 18.4. The molecule has 0 atom stereocenters. The molecule has 0 heterocycles. The van der Waals surface area contributed by atoms with E-state index in [1.54, 1.807) is 12.1 Å². The zero-order valence-electron chi connectivity index (χ0n) is 14.2. The van der Waals surface area contributed by atoms with Gasteiger partial charge in [0.15, 0.2) is 0 Å². The SMILES string of the molecule is COc1cc(F)c(-c2ccc(C(=O)OCC(C)C)cc2)cc1C(=O)O. The van der Waals surface area contributed by atoms with Gasteiger partial charge in [0.1, 0.15) is 17.1 Å². The van der Waals surface area contributed by atoms with Crippen molar-refractivity contribution >= 4 is 11.9 Å². The number of methoxy groups -OCH3 is 1. The van der Waals surface area contributed by atoms with Gasteiger partial charge in [-0.05, 0) is 29.7 Å². The highest BCUT2D eigenvalue weighted by Gasteiger charge is 2.17. The summed E-state index contributed by atoms with van der Waals surface area (Å²) in [5, 5.41) is 9.22. The van der Waals surface area contributed by atoms with Crippen molar-refractivity contribution in [2.75, 3.05) is 13.7 Å². The second-order valence-electron chi connectivity index (χ2n) is 5.91. The van der Waals surface area contributed by atoms with Gasteiger partial charge in [-0.3, -0.25) is 0 Å². The summed E-state index contributed by atoms with van der Waals surface area (Å²) in [5.74, 6) is -2.11. The monoisotopic (exact) mass is 346 g/mol. The van der Waals surface area contributed by atoms with E-state index in [-0.39, 0.29) is 22.8 Å². The number of carbonyl (C=O) groups excluding carboxylic acids is 1. The standard InChI is InChI=1S/C19H19FO5/c1-11(2)10-25-19(23)13-6-4-12(5-7-13)14-8-15(18(21)22)17(24-3)9-16(14)20/h4-9,11H,10H2,1-3H3,(H,21,22). The Morgan fingerprint density at radius 1 is 1.16 bits per heavy atom. The lowest BCUT2D eigenvalue weighted by Crippen LogP contribution is -2.10. The molecule has 2 aromatic rings. The normalized spacial score (nSPS) is 10.6. The van der Waals surface area contributed by atoms with Gasteiger partial charge in [0.2, 0.25) is 0 Å². The maximum Gasteiger partial charge on any atom is 0.339 e. The summed E-state index contributed by atoms with van der Waals surface area (Å²) in [5.41, 5.74) is 0.763. The van der Waals surface area contributed by atoms with Gasteiger partial charge in [0.05, 0.1) is 19.3 Å². The first-order valence-corrected chi connectivity index (χ1v) is 7.72. The second-order valence-corrected chi connectivity index (χ2v) is 5.91. The first-order chi connectivity index (χ1) is 11.8. The summed E-state index contributed by atoms with van der Waals surface area (Å²) in [6, 6.07) is 8.36. The number of carbonyl (C=O) groups is 2. The van der Waals surface area contributed by atoms with Crippen LogP contribution in [0.4, 0.5) is 4.39 Å². The minimum atomic E-state index is -1.22. The van der Waals surface area contributed by atoms with Crippen LogP contribution < -0.4 is 4.74 Å². The Kier molecular flexibility index (Phi) is 5.75. The lowest BCUT2D eigenvalue weighted by molar-refractivity contribution is 0.0458. The van der Waals surface area contributed by atoms with E-state index in [2.05, 4.69) is 0 Å². The summed E-state index contributed by atoms with van der Waals surface area (Å²) in [7, 11) is 1.28. The fraction of sp³-hybridized carbons (Fsp3) is 0.263. The van der Waals surface area contributed by atoms with Gasteiger partial charge in [-0.15, -0.1) is 0 Å². The van der Waals surface area contributed by atoms with Crippen molar-refractivity contribution in [2.24, 2.45) is 5.92 Å². The number of benzene rings is 2. The first-order valence-electron chi connectivity index (χ1n) is 7.72. The van der Waals surface area contributed by atoms with Gasteiger partial charge < -0.3 is 14.6 Å². The quantitative estimate of drug-likeness (QED) is 0.800. The van der Waals surface area contributed by atoms with Crippen molar-refractivity contribution in [3.8, 4) is 16.9 Å². The third-order valence-corrected chi connectivity index (χ3v) is 3.50. The van der Waals surface area contributed by atoms with E-state index in [4.69, 9.17) is 9.47 Å². The molecule has 0 aliphatic heterocycles. The van der Waals surface area contributed by atoms with E-state index in [1.165, 1.54) is 25.3 Å². The van der Waals surface area contributed by atoms with E-state index >= 15 is 0 Å². The van der Waals surface area contributed by atoms with E-state index in [9.17, 15) is 19.1 Å². The second kappa shape index (κ2) is 7.79. The average molecular weight is 346 g/mol. The lowest BCUT2D eigenvalue weighted by atomic mass is 10.0. The highest BCUT2D eigenvalue weighted by atomic mass is 19.1. The number of carboxylic acid groups (broad SMARTS) is 1. The molecule has 0 aliphatic rings. The predicted octanol–water partition coefficient (Wildman–Crippen LogP) is 4.01. The number of hydrogen-bond donors (Lipinski definition) is 1. The molecule has 0 aliphatic carbocycles. The van der Waals surface area contributed by atoms with Crippen LogP contribution in [0.25, 0.3) is 11.1 Å². The number of carboxylic acids is 1. The Balaban J connectivity index is 2.32. The van der Waals surface area contributed by atoms with E-state index < -0.39 is 17.8 Å². The maximum atomic E-state index is 14.3. The summed E-state index contributed by atoms with van der Waals surface area (Å²) in [6.07, 6.45) is 0. The molecule has 0 fully saturated rings. The minimum Gasteiger partial charge on any atom is -0.496 e. The highest BCUT2D eigenvalue weighted by Crippen LogP contribution is 2.30. The minimum absolute atomic E-state index is 0.0531. The van der Waals surface area contributed by atoms with Gasteiger partial charge >= 0.3 is 11.9 Å². The van der Waals surface area contributed by atoms with Crippen molar-refractivity contribution < 1.29 is 28.6 Å². The van der Waals surface area contributed by atoms with E-state index in [0.29, 0.717) is 17.7 Å². The molecule has 0 aromatic heterocycles. The highest BCUT2D eigenvalue weighted by molar-refractivity contribution is 5.93. The molecule has 5 nitrogen and oxygen atoms in total. The van der Waals surface area contributed by atoms with Crippen molar-refractivity contribution in [3.05, 3.63) is 53.3 Å². The van der Waals surface area contributed by atoms with Gasteiger partial charge in [-0.1, -0.05) is 26.0 Å². The molecule has 0 bridgehead atoms. The van der Waals surface area contributed by atoms with Crippen LogP contribution >= 0.6 is 0 Å². The Hall–Kier alpha value is -2.89. The van der Waals surface area contributed by atoms with Crippen LogP contribution in [0.2, 0.25) is 0 Å². The summed E-state index contributed by atoms with van der Waals surface area (Å²) < 4.78 is 24.3. The van der Waals surface area contributed by atoms with Crippen molar-refractivity contribution in [3.63, 3.8) is 0 Å². The molecule has 2 aromatic carbocycles. The number of rotatable bonds is 6. The largest absolute Gasteiger partial charge is 0.496 e. The molecule has 0 saturated carbocycles. The fourth-order valence-corrected chi connectivity index (χ4v) is 2.22. The lowest BCUT2D eigenvalue weighted by Gasteiger charge is -2.11. The maximum absolute atomic E-state index is 14.3. The van der Waals surface area contributed by atoms with Gasteiger partial charge in [0.25, 0.3) is 0 Å². The molecule has 0 radical (unpaired) electrons. The molecule has 1 N–H and O–H groups in total. The zero-order chi connectivity index (χ0) is 18.6. The Labute approximate surface area is 145 Å². The van der Waals surface area contributed by atoms with Crippen molar-refractivity contribution in [1.82, 2.24) is 0 Å². The van der Waals surface area contributed by atoms with Crippen molar-refractivity contribution in [2.45, 2.75) is 13.8 Å². The van der Waals surface area contributed by atoms with Crippen LogP contribution in [-0.2, 0) is 4.74 Å². The van der Waals surface area contributed by atoms with Crippen LogP contribution in [-0.4, -0.2) is 30.8 Å². The third-order valence-electron chi connectivity index (χ3n) is 3.50. The number of aromatic carboxylic acids is 1. The molecular formula is C19H19FO5. The summed E-state index contributed by atoms with van der Waals surface area (Å²) in [4.78, 5) is 23.2. The number of halogens is 1. The van der Waals surface area contributed by atoms with Gasteiger partial charge in [0, 0.05) is 11.6 Å². The van der Waals surface area contributed by atoms with Crippen LogP contribution in [0, 0.1) is 11.7 Å². The average Bonchev–Trinajstić information content (AvgIpc) is 2.59. The van der Waals surface area contributed by atoms with Gasteiger partial charge in [-0.25, -0.2) is 14.0 Å². The molecular weight excluding hydrogens is 327 g/mol. The van der Waals surface area contributed by atoms with Crippen LogP contribution in [0.3, 0.4) is 0 Å². The number of ether oxygens (including phenoxy) is 2. The molecule has 0 spiro atoms. The van der Waals surface area contributed by atoms with Crippen molar-refractivity contribution in [1.29, 1.82) is 0 Å². The molecule has 0 amide bonds. The topological polar surface area (TPSA) is 72.8 Å². The smallest absolute Gasteiger partial charge is 0.339 e. The fourth-order valence-electron chi connectivity index (χ4n) is 2.22. The van der Waals surface area contributed by atoms with Crippen LogP contribution in [0.5, 0.6) is 5.75 Å². The summed E-state index contributed by atoms with van der Waals surface area (Å²) >= 11 is 0. The molecule has 25 heavy (non-hydrogen) atoms. The molecule has 132 valence electrons. The molecule has 0 unspecified atom stereocenters. The molecule has 2 rings (SSSR count). The Morgan fingerprint density at radius 2 is 1.80 bits per heavy atom. The van der Waals surface area contributed by atoms with Gasteiger partial charge in [-0.2, -0.15) is 0 Å². The Morgan fingerprint density at radius 3 is 2.32 bits per heavy atom. The third kappa shape index (κ3) is 4.35. The number of esters is 1. The molecule has 0 saturated heterocycles. The number of hydrogen-bond acceptors (Lipinski definition) is 4. The zero-order valence-corrected chi connectivity index (χ0v) is 14.2. The summed E-state index contributed by atoms with van der Waals surface area (Å²) in [6.45, 7) is 4.18. The van der Waals surface area contributed by atoms with E-state index in [0.717, 1.165) is 6.07 Å².